The summed E-state index contributed by atoms with van der Waals surface area (Å²) in [5, 5.41) is 8.06. The monoisotopic (exact) mass is 222 g/mol. The van der Waals surface area contributed by atoms with Crippen molar-refractivity contribution in [1.82, 2.24) is 15.2 Å². The maximum absolute atomic E-state index is 5.78. The minimum atomic E-state index is 0.581. The van der Waals surface area contributed by atoms with Gasteiger partial charge in [-0.2, -0.15) is 5.10 Å². The van der Waals surface area contributed by atoms with Gasteiger partial charge < -0.3 is 5.73 Å². The highest BCUT2D eigenvalue weighted by molar-refractivity contribution is 7.11. The number of thiazole rings is 1. The zero-order valence-corrected chi connectivity index (χ0v) is 9.90. The molecule has 0 aromatic carbocycles. The van der Waals surface area contributed by atoms with Crippen LogP contribution < -0.4 is 5.73 Å². The van der Waals surface area contributed by atoms with Crippen LogP contribution in [0.2, 0.25) is 0 Å². The first-order valence-electron chi connectivity index (χ1n) is 4.90. The highest BCUT2D eigenvalue weighted by atomic mass is 32.1. The molecule has 0 saturated heterocycles. The van der Waals surface area contributed by atoms with Crippen LogP contribution in [0.4, 0.5) is 5.82 Å². The Labute approximate surface area is 92.5 Å². The molecule has 0 atom stereocenters. The van der Waals surface area contributed by atoms with Crippen molar-refractivity contribution in [3.05, 3.63) is 15.4 Å². The maximum atomic E-state index is 5.78. The summed E-state index contributed by atoms with van der Waals surface area (Å²) >= 11 is 1.69. The lowest BCUT2D eigenvalue weighted by molar-refractivity contribution is 1.09. The molecule has 0 fully saturated rings. The lowest BCUT2D eigenvalue weighted by Gasteiger charge is -1.98. The summed E-state index contributed by atoms with van der Waals surface area (Å²) in [6.45, 7) is 6.14. The third-order valence-electron chi connectivity index (χ3n) is 2.39. The molecule has 0 unspecified atom stereocenters. The first-order valence-corrected chi connectivity index (χ1v) is 5.72. The van der Waals surface area contributed by atoms with E-state index in [-0.39, 0.29) is 0 Å². The van der Waals surface area contributed by atoms with Gasteiger partial charge in [-0.3, -0.25) is 5.10 Å². The Bertz CT molecular complexity index is 484. The number of aryl methyl sites for hydroxylation is 2. The Morgan fingerprint density at radius 3 is 2.67 bits per heavy atom. The summed E-state index contributed by atoms with van der Waals surface area (Å²) < 4.78 is 0. The van der Waals surface area contributed by atoms with Gasteiger partial charge in [0.1, 0.15) is 11.5 Å². The van der Waals surface area contributed by atoms with E-state index in [0.29, 0.717) is 5.82 Å². The molecule has 2 aromatic rings. The Morgan fingerprint density at radius 1 is 1.40 bits per heavy atom. The van der Waals surface area contributed by atoms with E-state index in [1.165, 1.54) is 4.88 Å². The molecule has 0 aliphatic rings. The average Bonchev–Trinajstić information content (AvgIpc) is 2.69. The van der Waals surface area contributed by atoms with E-state index in [9.17, 15) is 0 Å². The predicted molar refractivity (Wildman–Crippen MR) is 63.0 cm³/mol. The highest BCUT2D eigenvalue weighted by Gasteiger charge is 2.15. The fourth-order valence-electron chi connectivity index (χ4n) is 1.69. The quantitative estimate of drug-likeness (QED) is 0.819. The number of nitrogens with one attached hydrogen (secondary N) is 1. The van der Waals surface area contributed by atoms with Gasteiger partial charge in [-0.05, 0) is 20.3 Å². The predicted octanol–water partition coefficient (Wildman–Crippen LogP) is 2.29. The van der Waals surface area contributed by atoms with Crippen LogP contribution in [0.25, 0.3) is 11.4 Å². The smallest absolute Gasteiger partial charge is 0.149 e. The molecule has 2 rings (SSSR count). The second-order valence-electron chi connectivity index (χ2n) is 3.45. The van der Waals surface area contributed by atoms with Crippen LogP contribution >= 0.6 is 11.3 Å². The summed E-state index contributed by atoms with van der Waals surface area (Å²) in [5.41, 5.74) is 8.79. The number of nitrogens with zero attached hydrogens (tertiary/aromatic N) is 2. The number of aromatic amines is 1. The summed E-state index contributed by atoms with van der Waals surface area (Å²) in [6.07, 6.45) is 0.869. The van der Waals surface area contributed by atoms with Crippen LogP contribution in [-0.2, 0) is 6.42 Å². The van der Waals surface area contributed by atoms with Crippen molar-refractivity contribution in [2.24, 2.45) is 0 Å². The molecule has 3 N–H and O–H groups in total. The van der Waals surface area contributed by atoms with E-state index in [4.69, 9.17) is 5.73 Å². The lowest BCUT2D eigenvalue weighted by atomic mass is 10.1. The largest absolute Gasteiger partial charge is 0.382 e. The standard InChI is InChI=1S/C10H14N4S/c1-4-7-9(13-14-10(7)11)8-5(2)15-6(3)12-8/h4H2,1-3H3,(H3,11,13,14). The van der Waals surface area contributed by atoms with Crippen molar-refractivity contribution in [2.75, 3.05) is 5.73 Å². The summed E-state index contributed by atoms with van der Waals surface area (Å²) in [7, 11) is 0. The van der Waals surface area contributed by atoms with E-state index < -0.39 is 0 Å². The molecule has 0 saturated carbocycles. The van der Waals surface area contributed by atoms with Gasteiger partial charge in [-0.25, -0.2) is 4.98 Å². The van der Waals surface area contributed by atoms with Crippen molar-refractivity contribution < 1.29 is 0 Å². The minimum Gasteiger partial charge on any atom is -0.382 e. The molecule has 2 heterocycles. The highest BCUT2D eigenvalue weighted by Crippen LogP contribution is 2.30. The lowest BCUT2D eigenvalue weighted by Crippen LogP contribution is -1.91. The van der Waals surface area contributed by atoms with Crippen LogP contribution in [0.5, 0.6) is 0 Å². The van der Waals surface area contributed by atoms with Gasteiger partial charge in [0.05, 0.1) is 10.7 Å². The molecular weight excluding hydrogens is 208 g/mol. The number of nitrogens with two attached hydrogens (primary N) is 1. The molecule has 0 aliphatic heterocycles. The minimum absolute atomic E-state index is 0.581. The Balaban J connectivity index is 2.58. The summed E-state index contributed by atoms with van der Waals surface area (Å²) in [6, 6.07) is 0. The molecule has 0 amide bonds. The molecule has 0 bridgehead atoms. The Kier molecular flexibility index (Phi) is 2.48. The molecule has 80 valence electrons. The number of anilines is 1. The Hall–Kier alpha value is -1.36. The van der Waals surface area contributed by atoms with Gasteiger partial charge in [-0.15, -0.1) is 11.3 Å². The van der Waals surface area contributed by atoms with Crippen molar-refractivity contribution in [3.8, 4) is 11.4 Å². The molecule has 0 radical (unpaired) electrons. The number of aromatic nitrogens is 3. The van der Waals surface area contributed by atoms with E-state index in [0.717, 1.165) is 28.4 Å². The van der Waals surface area contributed by atoms with Crippen LogP contribution in [0, 0.1) is 13.8 Å². The third kappa shape index (κ3) is 1.63. The topological polar surface area (TPSA) is 67.6 Å². The van der Waals surface area contributed by atoms with Gasteiger partial charge in [0.25, 0.3) is 0 Å². The van der Waals surface area contributed by atoms with E-state index in [1.54, 1.807) is 11.3 Å². The van der Waals surface area contributed by atoms with E-state index in [1.807, 2.05) is 6.92 Å². The SMILES string of the molecule is CCc1c(N)n[nH]c1-c1nc(C)sc1C. The molecule has 2 aromatic heterocycles. The molecule has 15 heavy (non-hydrogen) atoms. The summed E-state index contributed by atoms with van der Waals surface area (Å²) in [5.74, 6) is 0.581. The van der Waals surface area contributed by atoms with Gasteiger partial charge in [0.2, 0.25) is 0 Å². The van der Waals surface area contributed by atoms with Crippen molar-refractivity contribution in [1.29, 1.82) is 0 Å². The second kappa shape index (κ2) is 3.66. The Morgan fingerprint density at radius 2 is 2.13 bits per heavy atom. The van der Waals surface area contributed by atoms with E-state index >= 15 is 0 Å². The van der Waals surface area contributed by atoms with Crippen molar-refractivity contribution in [2.45, 2.75) is 27.2 Å². The molecule has 5 heteroatoms. The molecule has 0 spiro atoms. The van der Waals surface area contributed by atoms with Gasteiger partial charge >= 0.3 is 0 Å². The maximum Gasteiger partial charge on any atom is 0.149 e. The number of hydrogen-bond acceptors (Lipinski definition) is 4. The fourth-order valence-corrected chi connectivity index (χ4v) is 2.52. The average molecular weight is 222 g/mol. The van der Waals surface area contributed by atoms with Gasteiger partial charge in [0, 0.05) is 10.4 Å². The number of rotatable bonds is 2. The summed E-state index contributed by atoms with van der Waals surface area (Å²) in [4.78, 5) is 5.69. The third-order valence-corrected chi connectivity index (χ3v) is 3.28. The first-order chi connectivity index (χ1) is 7.13. The van der Waals surface area contributed by atoms with Crippen molar-refractivity contribution >= 4 is 17.2 Å². The number of hydrogen-bond donors (Lipinski definition) is 2. The van der Waals surface area contributed by atoms with Crippen LogP contribution in [-0.4, -0.2) is 15.2 Å². The molecule has 4 nitrogen and oxygen atoms in total. The van der Waals surface area contributed by atoms with Gasteiger partial charge in [0.15, 0.2) is 0 Å². The van der Waals surface area contributed by atoms with Crippen molar-refractivity contribution in [3.63, 3.8) is 0 Å². The number of nitrogen functional groups attached to an aromatic ring is 1. The second-order valence-corrected chi connectivity index (χ2v) is 4.86. The zero-order chi connectivity index (χ0) is 11.0. The first kappa shape index (κ1) is 10.2. The molecular formula is C10H14N4S. The number of H-pyrrole nitrogens is 1. The zero-order valence-electron chi connectivity index (χ0n) is 9.09. The van der Waals surface area contributed by atoms with Crippen LogP contribution in [0.1, 0.15) is 22.4 Å². The van der Waals surface area contributed by atoms with Crippen LogP contribution in [0.15, 0.2) is 0 Å². The van der Waals surface area contributed by atoms with E-state index in [2.05, 4.69) is 29.0 Å². The molecule has 0 aliphatic carbocycles. The fraction of sp³-hybridized carbons (Fsp3) is 0.400. The normalized spacial score (nSPS) is 10.9. The van der Waals surface area contributed by atoms with Crippen LogP contribution in [0.3, 0.4) is 0 Å². The van der Waals surface area contributed by atoms with Gasteiger partial charge in [-0.1, -0.05) is 6.92 Å².